The number of nitrogens with zero attached hydrogens (tertiary/aromatic N) is 1. The van der Waals surface area contributed by atoms with E-state index in [4.69, 9.17) is 9.47 Å². The lowest BCUT2D eigenvalue weighted by atomic mass is 9.79. The molecule has 10 nitrogen and oxygen atoms in total. The summed E-state index contributed by atoms with van der Waals surface area (Å²) in [5, 5.41) is 5.88. The lowest BCUT2D eigenvalue weighted by Crippen LogP contribution is -2.51. The maximum Gasteiger partial charge on any atom is 0.330 e. The van der Waals surface area contributed by atoms with E-state index < -0.39 is 62.1 Å². The predicted octanol–water partition coefficient (Wildman–Crippen LogP) is 12.5. The van der Waals surface area contributed by atoms with Gasteiger partial charge in [-0.15, -0.1) is 23.5 Å². The fourth-order valence-electron chi connectivity index (χ4n) is 9.64. The Bertz CT molecular complexity index is 2760. The number of hydrogen-bond acceptors (Lipinski definition) is 10. The quantitative estimate of drug-likeness (QED) is 0.0385. The van der Waals surface area contributed by atoms with Gasteiger partial charge in [-0.25, -0.2) is 13.2 Å². The van der Waals surface area contributed by atoms with Gasteiger partial charge in [0.2, 0.25) is 5.91 Å². The highest BCUT2D eigenvalue weighted by Crippen LogP contribution is 2.50. The highest BCUT2D eigenvalue weighted by molar-refractivity contribution is 8.00. The van der Waals surface area contributed by atoms with E-state index in [9.17, 15) is 22.8 Å². The summed E-state index contributed by atoms with van der Waals surface area (Å²) in [7, 11) is -3.86. The summed E-state index contributed by atoms with van der Waals surface area (Å²) >= 11 is 2.90. The Morgan fingerprint density at radius 1 is 0.712 bits per heavy atom. The van der Waals surface area contributed by atoms with E-state index in [1.54, 1.807) is 51.1 Å². The van der Waals surface area contributed by atoms with Gasteiger partial charge in [-0.1, -0.05) is 179 Å². The summed E-state index contributed by atoms with van der Waals surface area (Å²) in [6.07, 6.45) is 7.19. The number of para-hydroxylation sites is 1. The number of anilines is 2. The Kier molecular flexibility index (Phi) is 18.6. The third-order valence-corrected chi connectivity index (χ3v) is 17.5. The summed E-state index contributed by atoms with van der Waals surface area (Å²) in [5.41, 5.74) is 3.56. The van der Waals surface area contributed by atoms with Gasteiger partial charge < -0.3 is 25.0 Å². The number of benzene rings is 6. The average molecular weight is 1040 g/mol. The Hall–Kier alpha value is -6.02. The van der Waals surface area contributed by atoms with Crippen molar-refractivity contribution in [3.8, 4) is 5.75 Å². The summed E-state index contributed by atoms with van der Waals surface area (Å²) in [5.74, 6) is -1.54. The molecule has 0 aliphatic carbocycles. The maximum atomic E-state index is 14.8. The number of ether oxygens (including phenoxy) is 2. The molecule has 2 N–H and O–H groups in total. The first-order valence-electron chi connectivity index (χ1n) is 25.2. The Balaban J connectivity index is 1.18. The van der Waals surface area contributed by atoms with E-state index >= 15 is 0 Å². The molecule has 1 aliphatic rings. The molecule has 7 rings (SSSR count). The van der Waals surface area contributed by atoms with Crippen LogP contribution < -0.4 is 20.3 Å². The van der Waals surface area contributed by atoms with Crippen molar-refractivity contribution in [3.63, 3.8) is 0 Å². The maximum absolute atomic E-state index is 14.8. The number of nitrogens with one attached hydrogen (secondary N) is 2. The SMILES string of the molecule is CCCCC1(CCCC)CN(c2ccccc2)c2cc(SC)c(OCC(=O)N[C@@H](C(=O)N[C@H](CSC(c3ccccc3)(c3ccccc3)c3ccccc3)C(=O)OC(C)(C)C)c3ccccc3)cc2S(=O)(=O)C1. The molecule has 6 aromatic carbocycles. The minimum Gasteiger partial charge on any atom is -0.483 e. The normalized spacial score (nSPS) is 15.0. The van der Waals surface area contributed by atoms with Crippen LogP contribution in [0.4, 0.5) is 11.4 Å². The molecule has 384 valence electrons. The van der Waals surface area contributed by atoms with Crippen molar-refractivity contribution >= 4 is 62.5 Å². The van der Waals surface area contributed by atoms with Gasteiger partial charge in [0, 0.05) is 29.5 Å². The van der Waals surface area contributed by atoms with Crippen LogP contribution in [-0.2, 0) is 33.7 Å². The van der Waals surface area contributed by atoms with Crippen LogP contribution in [0.2, 0.25) is 0 Å². The molecule has 2 amide bonds. The molecule has 1 heterocycles. The van der Waals surface area contributed by atoms with E-state index in [0.717, 1.165) is 60.9 Å². The Morgan fingerprint density at radius 2 is 1.22 bits per heavy atom. The zero-order valence-electron chi connectivity index (χ0n) is 42.8. The van der Waals surface area contributed by atoms with Gasteiger partial charge in [0.05, 0.1) is 26.0 Å². The van der Waals surface area contributed by atoms with E-state index in [0.29, 0.717) is 22.7 Å². The van der Waals surface area contributed by atoms with Crippen molar-refractivity contribution in [1.82, 2.24) is 10.6 Å². The first kappa shape index (κ1) is 54.7. The standard InChI is InChI=1S/C60H69N3O7S3/c1-7-9-36-59(37-10-8-2)42-63(48-34-24-15-25-35-48)50-38-52(71-6)51(39-53(50)73(67,68)43-59)69-40-54(64)62-55(44-26-16-11-17-27-44)56(65)61-49(57(66)70-58(3,4)5)41-72-60(45-28-18-12-19-29-45,46-30-20-13-21-31-46)47-32-22-14-23-33-47/h11-35,38-39,49,55H,7-10,36-37,40-43H2,1-6H3,(H,61,65)(H,62,64)/t49-,55-/m1/s1. The van der Waals surface area contributed by atoms with Crippen molar-refractivity contribution in [2.45, 2.75) is 105 Å². The Labute approximate surface area is 441 Å². The molecule has 0 spiro atoms. The van der Waals surface area contributed by atoms with Gasteiger partial charge in [0.25, 0.3) is 5.91 Å². The number of rotatable bonds is 22. The van der Waals surface area contributed by atoms with E-state index in [1.165, 1.54) is 23.5 Å². The zero-order chi connectivity index (χ0) is 52.1. The molecule has 0 unspecified atom stereocenters. The van der Waals surface area contributed by atoms with Crippen LogP contribution in [0.25, 0.3) is 0 Å². The van der Waals surface area contributed by atoms with E-state index in [1.807, 2.05) is 103 Å². The van der Waals surface area contributed by atoms with Crippen molar-refractivity contribution in [3.05, 3.63) is 186 Å². The molecule has 0 fully saturated rings. The summed E-state index contributed by atoms with van der Waals surface area (Å²) in [4.78, 5) is 46.3. The number of esters is 1. The van der Waals surface area contributed by atoms with Gasteiger partial charge in [0.1, 0.15) is 23.4 Å². The summed E-state index contributed by atoms with van der Waals surface area (Å²) < 4.78 is 41.0. The second-order valence-electron chi connectivity index (χ2n) is 19.7. The van der Waals surface area contributed by atoms with Crippen LogP contribution in [0.15, 0.2) is 174 Å². The van der Waals surface area contributed by atoms with E-state index in [2.05, 4.69) is 65.8 Å². The fourth-order valence-corrected chi connectivity index (χ4v) is 13.9. The van der Waals surface area contributed by atoms with Crippen LogP contribution in [-0.4, -0.2) is 68.8 Å². The van der Waals surface area contributed by atoms with Crippen molar-refractivity contribution in [2.75, 3.05) is 35.8 Å². The van der Waals surface area contributed by atoms with Gasteiger partial charge in [0.15, 0.2) is 16.4 Å². The van der Waals surface area contributed by atoms with Gasteiger partial charge in [-0.2, -0.15) is 0 Å². The third kappa shape index (κ3) is 13.6. The minimum absolute atomic E-state index is 0.00269. The molecule has 0 saturated carbocycles. The van der Waals surface area contributed by atoms with E-state index in [-0.39, 0.29) is 22.2 Å². The molecule has 2 atom stereocenters. The molecular formula is C60H69N3O7S3. The summed E-state index contributed by atoms with van der Waals surface area (Å²) in [6.45, 7) is 9.63. The molecule has 0 bridgehead atoms. The van der Waals surface area contributed by atoms with Crippen LogP contribution in [0.1, 0.15) is 101 Å². The highest BCUT2D eigenvalue weighted by atomic mass is 32.2. The van der Waals surface area contributed by atoms with Gasteiger partial charge >= 0.3 is 5.97 Å². The van der Waals surface area contributed by atoms with Crippen LogP contribution in [0.3, 0.4) is 0 Å². The fraction of sp³-hybridized carbons (Fsp3) is 0.350. The summed E-state index contributed by atoms with van der Waals surface area (Å²) in [6, 6.07) is 50.0. The number of carbonyl (C=O) groups is 3. The molecule has 73 heavy (non-hydrogen) atoms. The molecule has 6 aromatic rings. The third-order valence-electron chi connectivity index (χ3n) is 13.1. The zero-order valence-corrected chi connectivity index (χ0v) is 45.3. The highest BCUT2D eigenvalue weighted by Gasteiger charge is 2.43. The number of unbranched alkanes of at least 4 members (excludes halogenated alkanes) is 2. The van der Waals surface area contributed by atoms with Crippen LogP contribution in [0, 0.1) is 5.41 Å². The molecular weight excluding hydrogens is 971 g/mol. The van der Waals surface area contributed by atoms with Crippen molar-refractivity contribution in [1.29, 1.82) is 0 Å². The van der Waals surface area contributed by atoms with Crippen molar-refractivity contribution < 1.29 is 32.3 Å². The second kappa shape index (κ2) is 24.8. The van der Waals surface area contributed by atoms with Gasteiger partial charge in [-0.3, -0.25) is 9.59 Å². The van der Waals surface area contributed by atoms with Crippen LogP contribution in [0.5, 0.6) is 5.75 Å². The predicted molar refractivity (Wildman–Crippen MR) is 297 cm³/mol. The molecule has 1 aliphatic heterocycles. The molecule has 0 aromatic heterocycles. The molecule has 0 saturated heterocycles. The largest absolute Gasteiger partial charge is 0.483 e. The molecule has 0 radical (unpaired) electrons. The monoisotopic (exact) mass is 1040 g/mol. The number of hydrogen-bond donors (Lipinski definition) is 2. The second-order valence-corrected chi connectivity index (χ2v) is 23.8. The first-order chi connectivity index (χ1) is 35.1. The average Bonchev–Trinajstić information content (AvgIpc) is 3.49. The van der Waals surface area contributed by atoms with Crippen molar-refractivity contribution in [2.24, 2.45) is 5.41 Å². The topological polar surface area (TPSA) is 131 Å². The lowest BCUT2D eigenvalue weighted by Gasteiger charge is -2.37. The van der Waals surface area contributed by atoms with Gasteiger partial charge in [-0.05, 0) is 80.3 Å². The number of carbonyl (C=O) groups excluding carboxylic acids is 3. The first-order valence-corrected chi connectivity index (χ1v) is 29.1. The number of thioether (sulfide) groups is 2. The Morgan fingerprint density at radius 3 is 1.71 bits per heavy atom. The number of fused-ring (bicyclic) bond motifs is 1. The van der Waals surface area contributed by atoms with Crippen LogP contribution >= 0.6 is 23.5 Å². The smallest absolute Gasteiger partial charge is 0.330 e. The lowest BCUT2D eigenvalue weighted by molar-refractivity contribution is -0.158. The molecule has 13 heteroatoms. The number of sulfone groups is 1. The number of amides is 2. The minimum atomic E-state index is -3.86.